The molecule has 53 heavy (non-hydrogen) atoms. The maximum Gasteiger partial charge on any atom is 0.460 e. The van der Waals surface area contributed by atoms with E-state index in [0.29, 0.717) is 24.1 Å². The summed E-state index contributed by atoms with van der Waals surface area (Å²) in [5.74, 6) is -57.8. The van der Waals surface area contributed by atoms with Crippen LogP contribution in [-0.4, -0.2) is 68.7 Å². The average molecular weight is 793 g/mol. The molecule has 1 aromatic carbocycles. The second kappa shape index (κ2) is 13.4. The second-order valence-electron chi connectivity index (χ2n) is 11.4. The Labute approximate surface area is 285 Å². The molecule has 292 valence electrons. The van der Waals surface area contributed by atoms with Gasteiger partial charge in [0.1, 0.15) is 17.2 Å². The molecule has 0 aliphatic carbocycles. The zero-order chi connectivity index (χ0) is 40.2. The van der Waals surface area contributed by atoms with Gasteiger partial charge in [0.25, 0.3) is 0 Å². The lowest BCUT2D eigenvalue weighted by molar-refractivity contribution is -0.457. The summed E-state index contributed by atoms with van der Waals surface area (Å²) in [6.07, 6.45) is -8.15. The maximum atomic E-state index is 15.1. The smallest absolute Gasteiger partial charge is 0.460 e. The molecule has 0 saturated carbocycles. The number of unbranched alkanes of at least 4 members (excludes halogenated alkanes) is 2. The zero-order valence-electron chi connectivity index (χ0n) is 26.0. The van der Waals surface area contributed by atoms with Crippen LogP contribution in [0.15, 0.2) is 48.8 Å². The number of pyridine rings is 1. The Kier molecular flexibility index (Phi) is 10.5. The molecule has 1 aliphatic rings. The Morgan fingerprint density at radius 2 is 1.25 bits per heavy atom. The summed E-state index contributed by atoms with van der Waals surface area (Å²) in [4.78, 5) is 22.7. The van der Waals surface area contributed by atoms with Gasteiger partial charge in [-0.2, -0.15) is 74.6 Å². The highest BCUT2D eigenvalue weighted by atomic mass is 19.4. The predicted octanol–water partition coefficient (Wildman–Crippen LogP) is 9.92. The topological polar surface area (TPSA) is 74.2 Å². The van der Waals surface area contributed by atoms with Crippen LogP contribution >= 0.6 is 0 Å². The van der Waals surface area contributed by atoms with E-state index in [0.717, 1.165) is 25.2 Å². The predicted molar refractivity (Wildman–Crippen MR) is 145 cm³/mol. The molecule has 23 heteroatoms. The molecule has 0 radical (unpaired) electrons. The Morgan fingerprint density at radius 1 is 0.717 bits per heavy atom. The average Bonchev–Trinajstić information content (AvgIpc) is 3.34. The van der Waals surface area contributed by atoms with E-state index >= 15 is 8.78 Å². The van der Waals surface area contributed by atoms with E-state index in [2.05, 4.69) is 19.7 Å². The van der Waals surface area contributed by atoms with Crippen molar-refractivity contribution in [2.24, 2.45) is 0 Å². The van der Waals surface area contributed by atoms with Gasteiger partial charge in [-0.05, 0) is 36.2 Å². The van der Waals surface area contributed by atoms with E-state index in [9.17, 15) is 70.7 Å². The minimum absolute atomic E-state index is 0.184. The van der Waals surface area contributed by atoms with Gasteiger partial charge in [-0.3, -0.25) is 4.79 Å². The molecule has 3 aromatic rings. The molecule has 0 fully saturated rings. The van der Waals surface area contributed by atoms with E-state index in [1.807, 2.05) is 6.92 Å². The van der Waals surface area contributed by atoms with Crippen LogP contribution in [-0.2, 0) is 10.7 Å². The van der Waals surface area contributed by atoms with Crippen LogP contribution in [0, 0.1) is 0 Å². The van der Waals surface area contributed by atoms with Crippen LogP contribution in [0.25, 0.3) is 22.6 Å². The van der Waals surface area contributed by atoms with Crippen LogP contribution < -0.4 is 9.47 Å². The molecule has 6 nitrogen and oxygen atoms in total. The summed E-state index contributed by atoms with van der Waals surface area (Å²) in [5, 5.41) is 0. The normalized spacial score (nSPS) is 17.0. The van der Waals surface area contributed by atoms with Crippen LogP contribution in [0.3, 0.4) is 0 Å². The van der Waals surface area contributed by atoms with Gasteiger partial charge >= 0.3 is 53.6 Å². The highest BCUT2D eigenvalue weighted by Crippen LogP contribution is 2.64. The van der Waals surface area contributed by atoms with Crippen molar-refractivity contribution in [1.29, 1.82) is 0 Å². The SMILES string of the molecule is CCCCCC(=O)Oc1ccc(-c2cnc(-c3ccc4c(n3)C(F)(F)C(C(F)(F)C(F)(F)C(F)(F)C(F)(F)C(F)(F)C(F)(F)C(F)(F)F)O4)nc2)cc1. The quantitative estimate of drug-likeness (QED) is 0.0743. The number of esters is 1. The Morgan fingerprint density at radius 3 is 1.77 bits per heavy atom. The Balaban J connectivity index is 1.58. The number of fused-ring (bicyclic) bond motifs is 1. The number of aromatic nitrogens is 3. The fraction of sp³-hybridized carbons (Fsp3) is 0.467. The number of carbonyl (C=O) groups is 1. The van der Waals surface area contributed by atoms with Gasteiger partial charge in [0.15, 0.2) is 11.5 Å². The summed E-state index contributed by atoms with van der Waals surface area (Å²) in [7, 11) is 0. The number of halogens is 17. The number of hydrogen-bond acceptors (Lipinski definition) is 6. The van der Waals surface area contributed by atoms with E-state index in [4.69, 9.17) is 4.74 Å². The monoisotopic (exact) mass is 793 g/mol. The molecule has 0 bridgehead atoms. The lowest BCUT2D eigenvalue weighted by atomic mass is 9.88. The van der Waals surface area contributed by atoms with Crippen LogP contribution in [0.4, 0.5) is 74.6 Å². The van der Waals surface area contributed by atoms with E-state index in [-0.39, 0.29) is 17.7 Å². The molecule has 0 saturated heterocycles. The highest BCUT2D eigenvalue weighted by molar-refractivity contribution is 5.73. The molecule has 4 rings (SSSR count). The van der Waals surface area contributed by atoms with Crippen molar-refractivity contribution in [2.75, 3.05) is 0 Å². The summed E-state index contributed by atoms with van der Waals surface area (Å²) >= 11 is 0. The van der Waals surface area contributed by atoms with Gasteiger partial charge < -0.3 is 9.47 Å². The summed E-state index contributed by atoms with van der Waals surface area (Å²) in [5.41, 5.74) is -2.13. The first kappa shape index (κ1) is 41.3. The van der Waals surface area contributed by atoms with Crippen molar-refractivity contribution in [3.05, 3.63) is 54.5 Å². The number of alkyl halides is 17. The minimum atomic E-state index is -8.66. The summed E-state index contributed by atoms with van der Waals surface area (Å²) < 4.78 is 244. The number of ether oxygens (including phenoxy) is 2. The van der Waals surface area contributed by atoms with Gasteiger partial charge in [0.2, 0.25) is 6.10 Å². The van der Waals surface area contributed by atoms with Crippen LogP contribution in [0.5, 0.6) is 11.5 Å². The van der Waals surface area contributed by atoms with Gasteiger partial charge in [-0.25, -0.2) is 15.0 Å². The first-order valence-electron chi connectivity index (χ1n) is 14.6. The van der Waals surface area contributed by atoms with Crippen molar-refractivity contribution in [3.63, 3.8) is 0 Å². The molecule has 0 spiro atoms. The number of hydrogen-bond donors (Lipinski definition) is 0. The molecule has 1 unspecified atom stereocenters. The largest absolute Gasteiger partial charge is 0.475 e. The second-order valence-corrected chi connectivity index (χ2v) is 11.4. The van der Waals surface area contributed by atoms with E-state index in [1.54, 1.807) is 0 Å². The molecule has 0 N–H and O–H groups in total. The van der Waals surface area contributed by atoms with Crippen molar-refractivity contribution in [2.45, 2.75) is 86.3 Å². The molecule has 0 amide bonds. The maximum absolute atomic E-state index is 15.1. The third-order valence-corrected chi connectivity index (χ3v) is 7.71. The molecular weight excluding hydrogens is 773 g/mol. The molecule has 1 aliphatic heterocycles. The first-order chi connectivity index (χ1) is 24.1. The third kappa shape index (κ3) is 6.67. The summed E-state index contributed by atoms with van der Waals surface area (Å²) in [6, 6.07) is 6.73. The fourth-order valence-corrected chi connectivity index (χ4v) is 4.70. The van der Waals surface area contributed by atoms with Crippen molar-refractivity contribution in [1.82, 2.24) is 15.0 Å². The molecular formula is C30H20F17N3O3. The number of rotatable bonds is 13. The van der Waals surface area contributed by atoms with E-state index in [1.165, 1.54) is 24.3 Å². The van der Waals surface area contributed by atoms with Gasteiger partial charge in [0, 0.05) is 24.4 Å². The Hall–Kier alpha value is -4.47. The van der Waals surface area contributed by atoms with Crippen molar-refractivity contribution >= 4 is 5.97 Å². The lowest BCUT2D eigenvalue weighted by Crippen LogP contribution is -2.74. The number of nitrogens with zero attached hydrogens (tertiary/aromatic N) is 3. The van der Waals surface area contributed by atoms with Crippen molar-refractivity contribution < 1.29 is 88.9 Å². The standard InChI is InChI=1S/C30H20F17N3O3/c1-2-3-4-5-19(51)52-16-8-6-14(7-9-16)15-12-48-21(49-13-15)17-10-11-18-20(50-17)23(31,32)22(53-18)24(33,34)25(35,36)26(37,38)27(39,40)28(41,42)29(43,44)30(45,46)47/h6-13,22H,2-5H2,1H3. The van der Waals surface area contributed by atoms with Gasteiger partial charge in [0.05, 0.1) is 0 Å². The molecule has 2 aromatic heterocycles. The number of carbonyl (C=O) groups excluding carboxylic acids is 1. The highest BCUT2D eigenvalue weighted by Gasteiger charge is 2.94. The van der Waals surface area contributed by atoms with Crippen LogP contribution in [0.1, 0.15) is 38.3 Å². The third-order valence-electron chi connectivity index (χ3n) is 7.71. The van der Waals surface area contributed by atoms with Gasteiger partial charge in [-0.15, -0.1) is 0 Å². The zero-order valence-corrected chi connectivity index (χ0v) is 26.0. The Bertz CT molecular complexity index is 1800. The molecule has 1 atom stereocenters. The van der Waals surface area contributed by atoms with Gasteiger partial charge in [-0.1, -0.05) is 31.9 Å². The van der Waals surface area contributed by atoms with Crippen LogP contribution in [0.2, 0.25) is 0 Å². The van der Waals surface area contributed by atoms with Crippen molar-refractivity contribution in [3.8, 4) is 34.1 Å². The fourth-order valence-electron chi connectivity index (χ4n) is 4.70. The number of benzene rings is 1. The molecule has 3 heterocycles. The minimum Gasteiger partial charge on any atom is -0.475 e. The first-order valence-corrected chi connectivity index (χ1v) is 14.6. The lowest BCUT2D eigenvalue weighted by Gasteiger charge is -2.42. The summed E-state index contributed by atoms with van der Waals surface area (Å²) in [6.45, 7) is 1.94. The van der Waals surface area contributed by atoms with E-state index < -0.39 is 82.7 Å².